The number of rotatable bonds is 7. The van der Waals surface area contributed by atoms with Crippen LogP contribution in [0.5, 0.6) is 5.75 Å². The van der Waals surface area contributed by atoms with E-state index in [1.165, 1.54) is 4.88 Å². The summed E-state index contributed by atoms with van der Waals surface area (Å²) in [6.07, 6.45) is 4.44. The number of hydrogen-bond acceptors (Lipinski definition) is 3. The molecule has 0 fully saturated rings. The molecule has 3 heteroatoms. The SMILES string of the molecule is CCc1ccc(C(=O)/C=C/c2ccc(OCc3ccccc3)cc2)s1. The highest BCUT2D eigenvalue weighted by Crippen LogP contribution is 2.19. The van der Waals surface area contributed by atoms with Crippen molar-refractivity contribution in [3.8, 4) is 5.75 Å². The van der Waals surface area contributed by atoms with Gasteiger partial charge in [0, 0.05) is 4.88 Å². The molecule has 126 valence electrons. The van der Waals surface area contributed by atoms with Crippen molar-refractivity contribution in [2.24, 2.45) is 0 Å². The van der Waals surface area contributed by atoms with Crippen LogP contribution in [0.15, 0.2) is 72.8 Å². The van der Waals surface area contributed by atoms with Crippen molar-refractivity contribution in [1.82, 2.24) is 0 Å². The molecule has 0 saturated carbocycles. The number of carbonyl (C=O) groups is 1. The molecular formula is C22H20O2S. The number of benzene rings is 2. The van der Waals surface area contributed by atoms with E-state index in [-0.39, 0.29) is 5.78 Å². The molecule has 0 atom stereocenters. The molecule has 3 rings (SSSR count). The van der Waals surface area contributed by atoms with E-state index < -0.39 is 0 Å². The number of aryl methyl sites for hydroxylation is 1. The molecule has 0 N–H and O–H groups in total. The van der Waals surface area contributed by atoms with Crippen LogP contribution < -0.4 is 4.74 Å². The molecule has 0 aliphatic heterocycles. The maximum absolute atomic E-state index is 12.2. The van der Waals surface area contributed by atoms with Gasteiger partial charge in [0.25, 0.3) is 0 Å². The van der Waals surface area contributed by atoms with E-state index >= 15 is 0 Å². The van der Waals surface area contributed by atoms with Crippen molar-refractivity contribution in [2.75, 3.05) is 0 Å². The monoisotopic (exact) mass is 348 g/mol. The predicted molar refractivity (Wildman–Crippen MR) is 104 cm³/mol. The minimum absolute atomic E-state index is 0.0501. The fourth-order valence-corrected chi connectivity index (χ4v) is 3.24. The molecule has 0 unspecified atom stereocenters. The Kier molecular flexibility index (Phi) is 5.81. The van der Waals surface area contributed by atoms with Crippen molar-refractivity contribution in [2.45, 2.75) is 20.0 Å². The molecule has 0 saturated heterocycles. The predicted octanol–water partition coefficient (Wildman–Crippen LogP) is 5.79. The molecule has 0 aliphatic rings. The molecule has 25 heavy (non-hydrogen) atoms. The summed E-state index contributed by atoms with van der Waals surface area (Å²) in [5.74, 6) is 0.868. The summed E-state index contributed by atoms with van der Waals surface area (Å²) in [4.78, 5) is 14.2. The maximum atomic E-state index is 12.2. The summed E-state index contributed by atoms with van der Waals surface area (Å²) in [7, 11) is 0. The summed E-state index contributed by atoms with van der Waals surface area (Å²) >= 11 is 1.56. The maximum Gasteiger partial charge on any atom is 0.195 e. The lowest BCUT2D eigenvalue weighted by Crippen LogP contribution is -1.94. The minimum Gasteiger partial charge on any atom is -0.489 e. The molecule has 0 aliphatic carbocycles. The second kappa shape index (κ2) is 8.45. The van der Waals surface area contributed by atoms with Gasteiger partial charge in [-0.15, -0.1) is 11.3 Å². The van der Waals surface area contributed by atoms with Crippen molar-refractivity contribution < 1.29 is 9.53 Å². The highest BCUT2D eigenvalue weighted by atomic mass is 32.1. The smallest absolute Gasteiger partial charge is 0.195 e. The van der Waals surface area contributed by atoms with Gasteiger partial charge in [0.1, 0.15) is 12.4 Å². The van der Waals surface area contributed by atoms with E-state index in [1.54, 1.807) is 17.4 Å². The highest BCUT2D eigenvalue weighted by molar-refractivity contribution is 7.14. The largest absolute Gasteiger partial charge is 0.489 e. The van der Waals surface area contributed by atoms with Crippen LogP contribution in [-0.2, 0) is 13.0 Å². The zero-order valence-electron chi connectivity index (χ0n) is 14.1. The Morgan fingerprint density at radius 3 is 2.44 bits per heavy atom. The van der Waals surface area contributed by atoms with Gasteiger partial charge in [0.2, 0.25) is 0 Å². The van der Waals surface area contributed by atoms with Crippen molar-refractivity contribution >= 4 is 23.2 Å². The van der Waals surface area contributed by atoms with Crippen molar-refractivity contribution in [3.05, 3.63) is 93.7 Å². The summed E-state index contributed by atoms with van der Waals surface area (Å²) < 4.78 is 5.77. The fourth-order valence-electron chi connectivity index (χ4n) is 2.37. The van der Waals surface area contributed by atoms with Crippen LogP contribution in [-0.4, -0.2) is 5.78 Å². The van der Waals surface area contributed by atoms with E-state index in [0.29, 0.717) is 6.61 Å². The lowest BCUT2D eigenvalue weighted by atomic mass is 10.2. The normalized spacial score (nSPS) is 10.9. The average Bonchev–Trinajstić information content (AvgIpc) is 3.15. The van der Waals surface area contributed by atoms with E-state index in [0.717, 1.165) is 28.2 Å². The Balaban J connectivity index is 1.57. The first-order valence-electron chi connectivity index (χ1n) is 8.32. The second-order valence-corrected chi connectivity index (χ2v) is 6.83. The van der Waals surface area contributed by atoms with Crippen LogP contribution in [0.25, 0.3) is 6.08 Å². The molecule has 0 spiro atoms. The van der Waals surface area contributed by atoms with Crippen LogP contribution in [0, 0.1) is 0 Å². The van der Waals surface area contributed by atoms with Gasteiger partial charge in [-0.05, 0) is 47.9 Å². The van der Waals surface area contributed by atoms with Gasteiger partial charge in [-0.3, -0.25) is 4.79 Å². The van der Waals surface area contributed by atoms with Gasteiger partial charge >= 0.3 is 0 Å². The molecule has 0 bridgehead atoms. The standard InChI is InChI=1S/C22H20O2S/c1-2-20-13-15-22(25-20)21(23)14-10-17-8-11-19(12-9-17)24-16-18-6-4-3-5-7-18/h3-15H,2,16H2,1H3/b14-10+. The van der Waals surface area contributed by atoms with Gasteiger partial charge < -0.3 is 4.74 Å². The summed E-state index contributed by atoms with van der Waals surface area (Å²) in [6.45, 7) is 2.64. The molecule has 2 aromatic carbocycles. The van der Waals surface area contributed by atoms with Crippen LogP contribution in [0.2, 0.25) is 0 Å². The summed E-state index contributed by atoms with van der Waals surface area (Å²) in [5.41, 5.74) is 2.12. The Hall–Kier alpha value is -2.65. The third kappa shape index (κ3) is 4.91. The first-order valence-corrected chi connectivity index (χ1v) is 9.14. The zero-order chi connectivity index (χ0) is 17.5. The van der Waals surface area contributed by atoms with Crippen LogP contribution >= 0.6 is 11.3 Å². The number of ketones is 1. The molecule has 2 nitrogen and oxygen atoms in total. The first-order chi connectivity index (χ1) is 12.2. The number of hydrogen-bond donors (Lipinski definition) is 0. The lowest BCUT2D eigenvalue weighted by molar-refractivity contribution is 0.105. The molecule has 3 aromatic rings. The average molecular weight is 348 g/mol. The molecule has 0 radical (unpaired) electrons. The van der Waals surface area contributed by atoms with E-state index in [2.05, 4.69) is 6.92 Å². The highest BCUT2D eigenvalue weighted by Gasteiger charge is 2.05. The minimum atomic E-state index is 0.0501. The first kappa shape index (κ1) is 17.2. The van der Waals surface area contributed by atoms with Gasteiger partial charge in [-0.1, -0.05) is 55.5 Å². The third-order valence-electron chi connectivity index (χ3n) is 3.81. The van der Waals surface area contributed by atoms with Crippen molar-refractivity contribution in [3.63, 3.8) is 0 Å². The Labute approximate surface area is 152 Å². The summed E-state index contributed by atoms with van der Waals surface area (Å²) in [6, 6.07) is 21.7. The second-order valence-electron chi connectivity index (χ2n) is 5.66. The fraction of sp³-hybridized carbons (Fsp3) is 0.136. The van der Waals surface area contributed by atoms with Crippen LogP contribution in [0.3, 0.4) is 0 Å². The quantitative estimate of drug-likeness (QED) is 0.399. The Morgan fingerprint density at radius 2 is 1.76 bits per heavy atom. The molecule has 0 amide bonds. The van der Waals surface area contributed by atoms with E-state index in [1.807, 2.05) is 72.8 Å². The molecule has 1 aromatic heterocycles. The number of ether oxygens (including phenoxy) is 1. The number of thiophene rings is 1. The van der Waals surface area contributed by atoms with Gasteiger partial charge in [-0.25, -0.2) is 0 Å². The van der Waals surface area contributed by atoms with Crippen LogP contribution in [0.4, 0.5) is 0 Å². The number of allylic oxidation sites excluding steroid dienone is 1. The van der Waals surface area contributed by atoms with Gasteiger partial charge in [-0.2, -0.15) is 0 Å². The van der Waals surface area contributed by atoms with Gasteiger partial charge in [0.15, 0.2) is 5.78 Å². The Morgan fingerprint density at radius 1 is 1.00 bits per heavy atom. The van der Waals surface area contributed by atoms with E-state index in [9.17, 15) is 4.79 Å². The lowest BCUT2D eigenvalue weighted by Gasteiger charge is -2.06. The Bertz CT molecular complexity index is 845. The van der Waals surface area contributed by atoms with Gasteiger partial charge in [0.05, 0.1) is 4.88 Å². The van der Waals surface area contributed by atoms with E-state index in [4.69, 9.17) is 4.74 Å². The molecular weight excluding hydrogens is 328 g/mol. The zero-order valence-corrected chi connectivity index (χ0v) is 15.0. The summed E-state index contributed by atoms with van der Waals surface area (Å²) in [5, 5.41) is 0. The van der Waals surface area contributed by atoms with Crippen LogP contribution in [0.1, 0.15) is 32.6 Å². The number of carbonyl (C=O) groups excluding carboxylic acids is 1. The molecule has 1 heterocycles. The topological polar surface area (TPSA) is 26.3 Å². The van der Waals surface area contributed by atoms with Crippen molar-refractivity contribution in [1.29, 1.82) is 0 Å². The third-order valence-corrected chi connectivity index (χ3v) is 5.05.